The molecule has 0 aliphatic heterocycles. The van der Waals surface area contributed by atoms with E-state index in [0.717, 1.165) is 24.8 Å². The summed E-state index contributed by atoms with van der Waals surface area (Å²) in [7, 11) is 1.60. The molecule has 0 spiro atoms. The highest BCUT2D eigenvalue weighted by Gasteiger charge is 2.37. The van der Waals surface area contributed by atoms with Gasteiger partial charge in [0.25, 0.3) is 0 Å². The average molecular weight is 289 g/mol. The van der Waals surface area contributed by atoms with Crippen LogP contribution >= 0.6 is 0 Å². The molecule has 1 saturated carbocycles. The molecule has 5 heteroatoms. The fraction of sp³-hybridized carbons (Fsp3) is 0.500. The number of benzene rings is 1. The second-order valence-electron chi connectivity index (χ2n) is 5.79. The van der Waals surface area contributed by atoms with Gasteiger partial charge in [0.15, 0.2) is 0 Å². The van der Waals surface area contributed by atoms with E-state index in [1.165, 1.54) is 0 Å². The fourth-order valence-electron chi connectivity index (χ4n) is 2.72. The van der Waals surface area contributed by atoms with E-state index in [4.69, 9.17) is 5.73 Å². The molecule has 21 heavy (non-hydrogen) atoms. The Morgan fingerprint density at radius 3 is 2.52 bits per heavy atom. The Kier molecular flexibility index (Phi) is 4.96. The molecule has 2 amide bonds. The highest BCUT2D eigenvalue weighted by atomic mass is 16.2. The number of nitrogens with one attached hydrogen (secondary N) is 2. The maximum Gasteiger partial charge on any atom is 0.224 e. The summed E-state index contributed by atoms with van der Waals surface area (Å²) in [5.41, 5.74) is 7.30. The zero-order valence-corrected chi connectivity index (χ0v) is 12.4. The first-order valence-electron chi connectivity index (χ1n) is 7.37. The summed E-state index contributed by atoms with van der Waals surface area (Å²) in [5.74, 6) is -0.0985. The fourth-order valence-corrected chi connectivity index (χ4v) is 2.72. The van der Waals surface area contributed by atoms with E-state index in [9.17, 15) is 9.59 Å². The van der Waals surface area contributed by atoms with Crippen LogP contribution < -0.4 is 16.4 Å². The lowest BCUT2D eigenvalue weighted by molar-refractivity contribution is -0.120. The highest BCUT2D eigenvalue weighted by Crippen LogP contribution is 2.43. The van der Waals surface area contributed by atoms with Crippen molar-refractivity contribution in [2.24, 2.45) is 11.1 Å². The van der Waals surface area contributed by atoms with Crippen molar-refractivity contribution in [2.45, 2.75) is 32.1 Å². The summed E-state index contributed by atoms with van der Waals surface area (Å²) in [6.45, 7) is 0.556. The predicted molar refractivity (Wildman–Crippen MR) is 82.8 cm³/mol. The maximum atomic E-state index is 12.2. The van der Waals surface area contributed by atoms with Gasteiger partial charge in [-0.1, -0.05) is 24.6 Å². The van der Waals surface area contributed by atoms with Crippen molar-refractivity contribution < 1.29 is 9.59 Å². The first-order chi connectivity index (χ1) is 10.1. The van der Waals surface area contributed by atoms with Gasteiger partial charge in [-0.3, -0.25) is 9.59 Å². The average Bonchev–Trinajstić information content (AvgIpc) is 2.45. The van der Waals surface area contributed by atoms with E-state index < -0.39 is 0 Å². The van der Waals surface area contributed by atoms with Gasteiger partial charge in [0.05, 0.1) is 6.42 Å². The number of para-hydroxylation sites is 1. The van der Waals surface area contributed by atoms with Crippen LogP contribution in [0.15, 0.2) is 24.3 Å². The first kappa shape index (κ1) is 15.5. The Balaban J connectivity index is 2.02. The number of hydrogen-bond donors (Lipinski definition) is 3. The summed E-state index contributed by atoms with van der Waals surface area (Å²) in [6.07, 6.45) is 3.91. The second kappa shape index (κ2) is 6.72. The standard InChI is InChI=1S/C16H23N3O2/c1-18-14(20)9-12-5-2-3-6-13(12)19-15(21)10-16(11-17)7-4-8-16/h2-3,5-6H,4,7-11,17H2,1H3,(H,18,20)(H,19,21). The SMILES string of the molecule is CNC(=O)Cc1ccccc1NC(=O)CC1(CN)CCC1. The minimum Gasteiger partial charge on any atom is -0.359 e. The molecular formula is C16H23N3O2. The Bertz CT molecular complexity index is 518. The highest BCUT2D eigenvalue weighted by molar-refractivity contribution is 5.93. The van der Waals surface area contributed by atoms with Crippen LogP contribution in [-0.2, 0) is 16.0 Å². The van der Waals surface area contributed by atoms with Gasteiger partial charge in [-0.05, 0) is 36.4 Å². The molecule has 0 atom stereocenters. The van der Waals surface area contributed by atoms with E-state index in [1.807, 2.05) is 24.3 Å². The minimum atomic E-state index is -0.0749. The Hall–Kier alpha value is -1.88. The van der Waals surface area contributed by atoms with Crippen LogP contribution in [0.4, 0.5) is 5.69 Å². The van der Waals surface area contributed by atoms with Gasteiger partial charge < -0.3 is 16.4 Å². The Morgan fingerprint density at radius 2 is 1.95 bits per heavy atom. The molecule has 0 radical (unpaired) electrons. The van der Waals surface area contributed by atoms with Gasteiger partial charge in [0, 0.05) is 19.2 Å². The third-order valence-corrected chi connectivity index (χ3v) is 4.30. The molecular weight excluding hydrogens is 266 g/mol. The third-order valence-electron chi connectivity index (χ3n) is 4.30. The van der Waals surface area contributed by atoms with E-state index in [1.54, 1.807) is 7.05 Å². The predicted octanol–water partition coefficient (Wildman–Crippen LogP) is 1.43. The normalized spacial score (nSPS) is 15.9. The number of nitrogens with two attached hydrogens (primary N) is 1. The van der Waals surface area contributed by atoms with Crippen LogP contribution in [0.1, 0.15) is 31.2 Å². The lowest BCUT2D eigenvalue weighted by Crippen LogP contribution is -2.40. The van der Waals surface area contributed by atoms with Crippen molar-refractivity contribution in [3.8, 4) is 0 Å². The minimum absolute atomic E-state index is 0.0141. The largest absolute Gasteiger partial charge is 0.359 e. The van der Waals surface area contributed by atoms with E-state index in [-0.39, 0.29) is 23.7 Å². The van der Waals surface area contributed by atoms with Crippen LogP contribution in [0.5, 0.6) is 0 Å². The number of carbonyl (C=O) groups is 2. The molecule has 0 unspecified atom stereocenters. The zero-order chi connectivity index (χ0) is 15.3. The topological polar surface area (TPSA) is 84.2 Å². The molecule has 1 aromatic carbocycles. The summed E-state index contributed by atoms with van der Waals surface area (Å²) in [5, 5.41) is 5.52. The van der Waals surface area contributed by atoms with Crippen molar-refractivity contribution in [3.63, 3.8) is 0 Å². The van der Waals surface area contributed by atoms with Crippen molar-refractivity contribution in [3.05, 3.63) is 29.8 Å². The summed E-state index contributed by atoms with van der Waals surface area (Å²) < 4.78 is 0. The van der Waals surface area contributed by atoms with Gasteiger partial charge in [-0.25, -0.2) is 0 Å². The van der Waals surface area contributed by atoms with Gasteiger partial charge in [0.1, 0.15) is 0 Å². The quantitative estimate of drug-likeness (QED) is 0.740. The summed E-state index contributed by atoms with van der Waals surface area (Å²) >= 11 is 0. The summed E-state index contributed by atoms with van der Waals surface area (Å²) in [4.78, 5) is 23.7. The second-order valence-corrected chi connectivity index (χ2v) is 5.79. The number of hydrogen-bond acceptors (Lipinski definition) is 3. The number of carbonyl (C=O) groups excluding carboxylic acids is 2. The van der Waals surface area contributed by atoms with Crippen LogP contribution in [-0.4, -0.2) is 25.4 Å². The molecule has 0 saturated heterocycles. The molecule has 2 rings (SSSR count). The molecule has 1 fully saturated rings. The molecule has 1 aliphatic rings. The van der Waals surface area contributed by atoms with Gasteiger partial charge in [-0.15, -0.1) is 0 Å². The lowest BCUT2D eigenvalue weighted by atomic mass is 9.66. The van der Waals surface area contributed by atoms with Crippen LogP contribution in [0.2, 0.25) is 0 Å². The van der Waals surface area contributed by atoms with Crippen LogP contribution in [0.3, 0.4) is 0 Å². The summed E-state index contributed by atoms with van der Waals surface area (Å²) in [6, 6.07) is 7.39. The van der Waals surface area contributed by atoms with E-state index in [0.29, 0.717) is 18.7 Å². The molecule has 114 valence electrons. The first-order valence-corrected chi connectivity index (χ1v) is 7.37. The van der Waals surface area contributed by atoms with Crippen molar-refractivity contribution >= 4 is 17.5 Å². The molecule has 0 aromatic heterocycles. The van der Waals surface area contributed by atoms with E-state index in [2.05, 4.69) is 10.6 Å². The number of rotatable bonds is 6. The van der Waals surface area contributed by atoms with Gasteiger partial charge in [-0.2, -0.15) is 0 Å². The smallest absolute Gasteiger partial charge is 0.224 e. The number of amides is 2. The van der Waals surface area contributed by atoms with Crippen molar-refractivity contribution in [1.29, 1.82) is 0 Å². The van der Waals surface area contributed by atoms with E-state index >= 15 is 0 Å². The Labute approximate surface area is 125 Å². The molecule has 0 bridgehead atoms. The Morgan fingerprint density at radius 1 is 1.24 bits per heavy atom. The van der Waals surface area contributed by atoms with Crippen LogP contribution in [0.25, 0.3) is 0 Å². The van der Waals surface area contributed by atoms with Crippen molar-refractivity contribution in [1.82, 2.24) is 5.32 Å². The number of anilines is 1. The molecule has 0 heterocycles. The molecule has 1 aromatic rings. The molecule has 5 nitrogen and oxygen atoms in total. The van der Waals surface area contributed by atoms with Crippen molar-refractivity contribution in [2.75, 3.05) is 18.9 Å². The number of likely N-dealkylation sites (N-methyl/N-ethyl adjacent to an activating group) is 1. The zero-order valence-electron chi connectivity index (χ0n) is 12.4. The molecule has 4 N–H and O–H groups in total. The van der Waals surface area contributed by atoms with Crippen LogP contribution in [0, 0.1) is 5.41 Å². The molecule has 1 aliphatic carbocycles. The lowest BCUT2D eigenvalue weighted by Gasteiger charge is -2.40. The van der Waals surface area contributed by atoms with Gasteiger partial charge >= 0.3 is 0 Å². The third kappa shape index (κ3) is 3.82. The maximum absolute atomic E-state index is 12.2. The van der Waals surface area contributed by atoms with Gasteiger partial charge in [0.2, 0.25) is 11.8 Å². The monoisotopic (exact) mass is 289 g/mol.